The molecule has 0 spiro atoms. The van der Waals surface area contributed by atoms with E-state index in [0.29, 0.717) is 43.5 Å². The summed E-state index contributed by atoms with van der Waals surface area (Å²) in [6.45, 7) is 4.35. The van der Waals surface area contributed by atoms with Crippen molar-refractivity contribution in [3.8, 4) is 0 Å². The van der Waals surface area contributed by atoms with Crippen molar-refractivity contribution in [2.75, 3.05) is 26.3 Å². The number of imidazole rings is 1. The van der Waals surface area contributed by atoms with E-state index in [2.05, 4.69) is 9.55 Å². The van der Waals surface area contributed by atoms with Crippen molar-refractivity contribution >= 4 is 43.9 Å². The van der Waals surface area contributed by atoms with Gasteiger partial charge in [0, 0.05) is 19.6 Å². The molecule has 0 amide bonds. The highest BCUT2D eigenvalue weighted by Gasteiger charge is 2.27. The van der Waals surface area contributed by atoms with Crippen molar-refractivity contribution in [2.45, 2.75) is 29.3 Å². The molecule has 0 bridgehead atoms. The molecule has 1 fully saturated rings. The van der Waals surface area contributed by atoms with E-state index >= 15 is 0 Å². The summed E-state index contributed by atoms with van der Waals surface area (Å²) < 4.78 is 40.6. The van der Waals surface area contributed by atoms with Crippen LogP contribution in [-0.4, -0.2) is 53.6 Å². The largest absolute Gasteiger partial charge is 0.440 e. The van der Waals surface area contributed by atoms with Crippen molar-refractivity contribution < 1.29 is 17.6 Å². The zero-order chi connectivity index (χ0) is 21.4. The van der Waals surface area contributed by atoms with Gasteiger partial charge in [-0.15, -0.1) is 0 Å². The van der Waals surface area contributed by atoms with Gasteiger partial charge in [0.25, 0.3) is 0 Å². The summed E-state index contributed by atoms with van der Waals surface area (Å²) in [5.74, 6) is 1.17. The number of aromatic nitrogens is 3. The molecule has 8 nitrogen and oxygen atoms in total. The third kappa shape index (κ3) is 3.84. The van der Waals surface area contributed by atoms with Gasteiger partial charge in [-0.3, -0.25) is 0 Å². The van der Waals surface area contributed by atoms with Gasteiger partial charge in [-0.1, -0.05) is 23.9 Å². The number of thioether (sulfide) groups is 1. The van der Waals surface area contributed by atoms with Crippen molar-refractivity contribution in [3.05, 3.63) is 48.4 Å². The van der Waals surface area contributed by atoms with Crippen LogP contribution in [0.4, 0.5) is 0 Å². The highest BCUT2D eigenvalue weighted by atomic mass is 32.2. The number of morpholine rings is 1. The molecule has 0 N–H and O–H groups in total. The van der Waals surface area contributed by atoms with Crippen LogP contribution in [0.25, 0.3) is 22.1 Å². The van der Waals surface area contributed by atoms with E-state index in [0.717, 1.165) is 28.3 Å². The molecule has 2 aromatic carbocycles. The molecule has 1 aliphatic rings. The quantitative estimate of drug-likeness (QED) is 0.408. The van der Waals surface area contributed by atoms with Crippen LogP contribution < -0.4 is 0 Å². The third-order valence-electron chi connectivity index (χ3n) is 5.27. The molecular formula is C21H22N4O4S2. The van der Waals surface area contributed by atoms with E-state index in [9.17, 15) is 8.42 Å². The number of ether oxygens (including phenoxy) is 1. The first-order chi connectivity index (χ1) is 15.1. The van der Waals surface area contributed by atoms with E-state index in [4.69, 9.17) is 14.1 Å². The van der Waals surface area contributed by atoms with Crippen molar-refractivity contribution in [1.82, 2.24) is 18.8 Å². The van der Waals surface area contributed by atoms with E-state index < -0.39 is 10.0 Å². The Bertz CT molecular complexity index is 1310. The molecule has 0 unspecified atom stereocenters. The number of aryl methyl sites for hydroxylation is 1. The Morgan fingerprint density at radius 1 is 1.06 bits per heavy atom. The second-order valence-corrected chi connectivity index (χ2v) is 10.1. The number of para-hydroxylation sites is 2. The second-order valence-electron chi connectivity index (χ2n) is 7.17. The molecular weight excluding hydrogens is 436 g/mol. The van der Waals surface area contributed by atoms with Crippen LogP contribution in [0.5, 0.6) is 0 Å². The summed E-state index contributed by atoms with van der Waals surface area (Å²) in [4.78, 5) is 9.50. The Balaban J connectivity index is 1.43. The first-order valence-corrected chi connectivity index (χ1v) is 12.5. The molecule has 0 radical (unpaired) electrons. The van der Waals surface area contributed by atoms with Crippen LogP contribution >= 0.6 is 11.8 Å². The van der Waals surface area contributed by atoms with Gasteiger partial charge in [-0.05, 0) is 37.3 Å². The first kappa shape index (κ1) is 20.5. The zero-order valence-electron chi connectivity index (χ0n) is 17.0. The smallest absolute Gasteiger partial charge is 0.243 e. The standard InChI is InChI=1S/C21H22N4O4S2/c1-2-25-18-8-7-15(31(26,27)24-9-11-28-12-10-24)13-17(18)23-21(25)30-14-20-22-16-5-3-4-6-19(16)29-20/h3-8,13H,2,9-12,14H2,1H3. The van der Waals surface area contributed by atoms with Gasteiger partial charge < -0.3 is 13.7 Å². The van der Waals surface area contributed by atoms with Crippen molar-refractivity contribution in [2.24, 2.45) is 0 Å². The number of nitrogens with zero attached hydrogens (tertiary/aromatic N) is 4. The second kappa shape index (κ2) is 8.27. The molecule has 2 aromatic heterocycles. The Morgan fingerprint density at radius 2 is 1.87 bits per heavy atom. The van der Waals surface area contributed by atoms with Gasteiger partial charge in [0.1, 0.15) is 5.52 Å². The Kier molecular flexibility index (Phi) is 5.47. The monoisotopic (exact) mass is 458 g/mol. The minimum Gasteiger partial charge on any atom is -0.440 e. The topological polar surface area (TPSA) is 90.5 Å². The zero-order valence-corrected chi connectivity index (χ0v) is 18.7. The molecule has 3 heterocycles. The van der Waals surface area contributed by atoms with Gasteiger partial charge in [-0.25, -0.2) is 18.4 Å². The lowest BCUT2D eigenvalue weighted by atomic mass is 10.3. The minimum atomic E-state index is -3.56. The third-order valence-corrected chi connectivity index (χ3v) is 8.13. The number of benzene rings is 2. The molecule has 4 aromatic rings. The maximum Gasteiger partial charge on any atom is 0.243 e. The lowest BCUT2D eigenvalue weighted by Crippen LogP contribution is -2.40. The van der Waals surface area contributed by atoms with E-state index in [-0.39, 0.29) is 4.90 Å². The predicted molar refractivity (Wildman–Crippen MR) is 119 cm³/mol. The van der Waals surface area contributed by atoms with Gasteiger partial charge in [0.05, 0.1) is 34.9 Å². The van der Waals surface area contributed by atoms with E-state index in [1.54, 1.807) is 12.1 Å². The SMILES string of the molecule is CCn1c(SCc2nc3ccccc3o2)nc2cc(S(=O)(=O)N3CCOCC3)ccc21. The summed E-state index contributed by atoms with van der Waals surface area (Å²) >= 11 is 1.53. The van der Waals surface area contributed by atoms with Crippen LogP contribution in [0.3, 0.4) is 0 Å². The number of oxazole rings is 1. The van der Waals surface area contributed by atoms with Crippen LogP contribution in [-0.2, 0) is 27.1 Å². The molecule has 1 aliphatic heterocycles. The highest BCUT2D eigenvalue weighted by Crippen LogP contribution is 2.30. The number of sulfonamides is 1. The number of fused-ring (bicyclic) bond motifs is 2. The number of rotatable bonds is 6. The van der Waals surface area contributed by atoms with Crippen LogP contribution in [0.15, 0.2) is 56.9 Å². The fraction of sp³-hybridized carbons (Fsp3) is 0.333. The summed E-state index contributed by atoms with van der Waals surface area (Å²) in [6.07, 6.45) is 0. The number of hydrogen-bond donors (Lipinski definition) is 0. The molecule has 0 aliphatic carbocycles. The molecule has 31 heavy (non-hydrogen) atoms. The van der Waals surface area contributed by atoms with Gasteiger partial charge >= 0.3 is 0 Å². The molecule has 10 heteroatoms. The molecule has 1 saturated heterocycles. The Labute approximate surface area is 184 Å². The normalized spacial score (nSPS) is 15.8. The van der Waals surface area contributed by atoms with Crippen molar-refractivity contribution in [3.63, 3.8) is 0 Å². The fourth-order valence-corrected chi connectivity index (χ4v) is 6.06. The molecule has 0 saturated carbocycles. The highest BCUT2D eigenvalue weighted by molar-refractivity contribution is 7.98. The van der Waals surface area contributed by atoms with Crippen LogP contribution in [0.1, 0.15) is 12.8 Å². The van der Waals surface area contributed by atoms with Gasteiger partial charge in [-0.2, -0.15) is 4.31 Å². The summed E-state index contributed by atoms with van der Waals surface area (Å²) in [5.41, 5.74) is 3.17. The summed E-state index contributed by atoms with van der Waals surface area (Å²) in [7, 11) is -3.56. The van der Waals surface area contributed by atoms with Gasteiger partial charge in [0.15, 0.2) is 10.7 Å². The lowest BCUT2D eigenvalue weighted by molar-refractivity contribution is 0.0730. The van der Waals surface area contributed by atoms with Crippen LogP contribution in [0.2, 0.25) is 0 Å². The Morgan fingerprint density at radius 3 is 2.65 bits per heavy atom. The molecule has 162 valence electrons. The minimum absolute atomic E-state index is 0.262. The average Bonchev–Trinajstić information content (AvgIpc) is 3.38. The van der Waals surface area contributed by atoms with E-state index in [1.807, 2.05) is 37.3 Å². The first-order valence-electron chi connectivity index (χ1n) is 10.1. The van der Waals surface area contributed by atoms with Gasteiger partial charge in [0.2, 0.25) is 15.9 Å². The van der Waals surface area contributed by atoms with E-state index in [1.165, 1.54) is 16.1 Å². The fourth-order valence-electron chi connectivity index (χ4n) is 3.71. The predicted octanol–water partition coefficient (Wildman–Crippen LogP) is 3.51. The molecule has 5 rings (SSSR count). The molecule has 0 atom stereocenters. The maximum absolute atomic E-state index is 13.0. The summed E-state index contributed by atoms with van der Waals surface area (Å²) in [5, 5.41) is 0.806. The van der Waals surface area contributed by atoms with Crippen molar-refractivity contribution in [1.29, 1.82) is 0 Å². The average molecular weight is 459 g/mol. The van der Waals surface area contributed by atoms with Crippen LogP contribution in [0, 0.1) is 0 Å². The summed E-state index contributed by atoms with van der Waals surface area (Å²) in [6, 6.07) is 12.8. The lowest BCUT2D eigenvalue weighted by Gasteiger charge is -2.26. The number of hydrogen-bond acceptors (Lipinski definition) is 7. The Hall–Kier alpha value is -2.40. The maximum atomic E-state index is 13.0.